The summed E-state index contributed by atoms with van der Waals surface area (Å²) in [7, 11) is 0. The molecule has 1 saturated carbocycles. The number of hydrogen-bond donors (Lipinski definition) is 3. The van der Waals surface area contributed by atoms with Crippen LogP contribution in [0, 0.1) is 0 Å². The standard InChI is InChI=1S/C23H36N6O4/c30-10-7-28-5-3-27(4-6-28)2-1-24-17-20-21(31)13-18(14-22(20)32)19-15-25-23(26-16-19)29-8-11-33-12-9-29/h15-18,21,24,30-31H,1-14H2/b20-17+. The Hall–Kier alpha value is -2.11. The Bertz CT molecular complexity index is 791. The molecule has 2 atom stereocenters. The number of nitrogens with one attached hydrogen (secondary N) is 1. The molecule has 182 valence electrons. The molecule has 3 fully saturated rings. The number of aliphatic hydroxyl groups is 2. The van der Waals surface area contributed by atoms with Gasteiger partial charge in [-0.1, -0.05) is 0 Å². The highest BCUT2D eigenvalue weighted by Crippen LogP contribution is 2.33. The van der Waals surface area contributed by atoms with Crippen molar-refractivity contribution in [2.45, 2.75) is 24.9 Å². The Morgan fingerprint density at radius 2 is 1.73 bits per heavy atom. The van der Waals surface area contributed by atoms with E-state index in [4.69, 9.17) is 9.84 Å². The summed E-state index contributed by atoms with van der Waals surface area (Å²) in [6, 6.07) is 0. The van der Waals surface area contributed by atoms with Crippen LogP contribution in [0.4, 0.5) is 5.95 Å². The third-order valence-corrected chi connectivity index (χ3v) is 6.76. The fraction of sp³-hybridized carbons (Fsp3) is 0.696. The molecule has 0 spiro atoms. The highest BCUT2D eigenvalue weighted by atomic mass is 16.5. The van der Waals surface area contributed by atoms with Crippen LogP contribution in [0.15, 0.2) is 24.2 Å². The first-order chi connectivity index (χ1) is 16.1. The van der Waals surface area contributed by atoms with E-state index in [-0.39, 0.29) is 18.3 Å². The molecule has 3 aliphatic rings. The Morgan fingerprint density at radius 1 is 1.06 bits per heavy atom. The Labute approximate surface area is 195 Å². The van der Waals surface area contributed by atoms with Gasteiger partial charge in [0, 0.05) is 89.5 Å². The molecule has 0 bridgehead atoms. The summed E-state index contributed by atoms with van der Waals surface area (Å²) in [5, 5.41) is 22.9. The number of nitrogens with zero attached hydrogens (tertiary/aromatic N) is 5. The topological polar surface area (TPSA) is 114 Å². The largest absolute Gasteiger partial charge is 0.395 e. The number of piperazine rings is 1. The molecule has 3 N–H and O–H groups in total. The van der Waals surface area contributed by atoms with E-state index in [2.05, 4.69) is 30.0 Å². The number of β-amino-alcohol motifs (C(OH)–C–C–N with tert-alkyl or cyclic N) is 1. The van der Waals surface area contributed by atoms with Gasteiger partial charge in [0.1, 0.15) is 0 Å². The lowest BCUT2D eigenvalue weighted by molar-refractivity contribution is -0.118. The highest BCUT2D eigenvalue weighted by Gasteiger charge is 2.32. The minimum absolute atomic E-state index is 0.0267. The van der Waals surface area contributed by atoms with Crippen LogP contribution in [0.1, 0.15) is 24.3 Å². The van der Waals surface area contributed by atoms with Crippen LogP contribution in [0.2, 0.25) is 0 Å². The molecule has 10 nitrogen and oxygen atoms in total. The normalized spacial score (nSPS) is 26.7. The van der Waals surface area contributed by atoms with Gasteiger partial charge in [0.05, 0.1) is 25.9 Å². The smallest absolute Gasteiger partial charge is 0.225 e. The zero-order valence-corrected chi connectivity index (χ0v) is 19.2. The van der Waals surface area contributed by atoms with Crippen LogP contribution in [-0.2, 0) is 9.53 Å². The second-order valence-electron chi connectivity index (χ2n) is 8.95. The van der Waals surface area contributed by atoms with Crippen LogP contribution >= 0.6 is 0 Å². The molecule has 1 aromatic rings. The van der Waals surface area contributed by atoms with Crippen LogP contribution in [0.3, 0.4) is 0 Å². The van der Waals surface area contributed by atoms with Gasteiger partial charge in [0.15, 0.2) is 5.78 Å². The van der Waals surface area contributed by atoms with Crippen LogP contribution in [-0.4, -0.2) is 121 Å². The molecule has 10 heteroatoms. The first kappa shape index (κ1) is 24.0. The molecule has 1 aromatic heterocycles. The summed E-state index contributed by atoms with van der Waals surface area (Å²) in [4.78, 5) is 28.4. The van der Waals surface area contributed by atoms with Gasteiger partial charge in [-0.25, -0.2) is 9.97 Å². The lowest BCUT2D eigenvalue weighted by atomic mass is 9.80. The Balaban J connectivity index is 1.23. The number of aromatic nitrogens is 2. The van der Waals surface area contributed by atoms with Crippen LogP contribution < -0.4 is 10.2 Å². The number of carbonyl (C=O) groups is 1. The van der Waals surface area contributed by atoms with Crippen molar-refractivity contribution in [1.82, 2.24) is 25.1 Å². The quantitative estimate of drug-likeness (QED) is 0.337. The number of hydrogen-bond acceptors (Lipinski definition) is 10. The molecule has 2 unspecified atom stereocenters. The average Bonchev–Trinajstić information content (AvgIpc) is 2.85. The molecule has 4 rings (SSSR count). The first-order valence-corrected chi connectivity index (χ1v) is 12.0. The maximum absolute atomic E-state index is 12.7. The van der Waals surface area contributed by atoms with Crippen LogP contribution in [0.5, 0.6) is 0 Å². The number of anilines is 1. The van der Waals surface area contributed by atoms with E-state index in [1.54, 1.807) is 18.6 Å². The van der Waals surface area contributed by atoms with E-state index in [1.165, 1.54) is 0 Å². The van der Waals surface area contributed by atoms with Crippen molar-refractivity contribution in [3.8, 4) is 0 Å². The summed E-state index contributed by atoms with van der Waals surface area (Å²) >= 11 is 0. The number of rotatable bonds is 8. The Kier molecular flexibility index (Phi) is 8.63. The van der Waals surface area contributed by atoms with Crippen molar-refractivity contribution < 1.29 is 19.7 Å². The van der Waals surface area contributed by atoms with Crippen molar-refractivity contribution in [1.29, 1.82) is 0 Å². The minimum atomic E-state index is -0.787. The van der Waals surface area contributed by atoms with Crippen molar-refractivity contribution in [3.05, 3.63) is 29.7 Å². The van der Waals surface area contributed by atoms with E-state index in [0.29, 0.717) is 37.6 Å². The van der Waals surface area contributed by atoms with E-state index in [9.17, 15) is 9.90 Å². The number of morpholine rings is 1. The van der Waals surface area contributed by atoms with Gasteiger partial charge < -0.3 is 25.2 Å². The van der Waals surface area contributed by atoms with Gasteiger partial charge in [-0.05, 0) is 17.9 Å². The average molecular weight is 461 g/mol. The first-order valence-electron chi connectivity index (χ1n) is 12.0. The second-order valence-corrected chi connectivity index (χ2v) is 8.95. The van der Waals surface area contributed by atoms with E-state index in [0.717, 1.165) is 64.5 Å². The summed E-state index contributed by atoms with van der Waals surface area (Å²) in [6.45, 7) is 9.37. The number of aliphatic hydroxyl groups excluding tert-OH is 2. The van der Waals surface area contributed by atoms with E-state index in [1.807, 2.05) is 0 Å². The highest BCUT2D eigenvalue weighted by molar-refractivity contribution is 5.97. The summed E-state index contributed by atoms with van der Waals surface area (Å²) in [6.07, 6.45) is 5.34. The number of Topliss-reactive ketones (excluding diaryl/α,β-unsaturated/α-hetero) is 1. The molecule has 2 saturated heterocycles. The summed E-state index contributed by atoms with van der Waals surface area (Å²) in [5.41, 5.74) is 1.36. The fourth-order valence-electron chi connectivity index (χ4n) is 4.69. The predicted molar refractivity (Wildman–Crippen MR) is 124 cm³/mol. The van der Waals surface area contributed by atoms with Gasteiger partial charge in [-0.3, -0.25) is 14.6 Å². The van der Waals surface area contributed by atoms with Gasteiger partial charge in [-0.15, -0.1) is 0 Å². The van der Waals surface area contributed by atoms with Crippen molar-refractivity contribution in [3.63, 3.8) is 0 Å². The lowest BCUT2D eigenvalue weighted by Crippen LogP contribution is -2.48. The van der Waals surface area contributed by atoms with Gasteiger partial charge in [0.2, 0.25) is 5.95 Å². The van der Waals surface area contributed by atoms with Gasteiger partial charge in [-0.2, -0.15) is 0 Å². The van der Waals surface area contributed by atoms with Gasteiger partial charge >= 0.3 is 0 Å². The third kappa shape index (κ3) is 6.48. The second kappa shape index (κ2) is 11.8. The predicted octanol–water partition coefficient (Wildman–Crippen LogP) is -0.796. The van der Waals surface area contributed by atoms with Crippen LogP contribution in [0.25, 0.3) is 0 Å². The molecule has 0 radical (unpaired) electrons. The maximum atomic E-state index is 12.7. The minimum Gasteiger partial charge on any atom is -0.395 e. The molecular weight excluding hydrogens is 424 g/mol. The molecule has 3 heterocycles. The monoisotopic (exact) mass is 460 g/mol. The fourth-order valence-corrected chi connectivity index (χ4v) is 4.69. The molecule has 0 aromatic carbocycles. The molecule has 1 aliphatic carbocycles. The molecule has 0 amide bonds. The van der Waals surface area contributed by atoms with E-state index >= 15 is 0 Å². The zero-order chi connectivity index (χ0) is 23.0. The summed E-state index contributed by atoms with van der Waals surface area (Å²) < 4.78 is 5.37. The zero-order valence-electron chi connectivity index (χ0n) is 19.2. The van der Waals surface area contributed by atoms with Crippen molar-refractivity contribution >= 4 is 11.7 Å². The number of ether oxygens (including phenoxy) is 1. The SMILES string of the molecule is O=C1CC(c2cnc(N3CCOCC3)nc2)CC(O)/C1=C\NCCN1CCN(CCO)CC1. The molecular formula is C23H36N6O4. The van der Waals surface area contributed by atoms with Crippen molar-refractivity contribution in [2.75, 3.05) is 83.6 Å². The van der Waals surface area contributed by atoms with E-state index < -0.39 is 6.10 Å². The molecule has 33 heavy (non-hydrogen) atoms. The number of ketones is 1. The van der Waals surface area contributed by atoms with Gasteiger partial charge in [0.25, 0.3) is 0 Å². The lowest BCUT2D eigenvalue weighted by Gasteiger charge is -2.34. The molecule has 2 aliphatic heterocycles. The van der Waals surface area contributed by atoms with Crippen molar-refractivity contribution in [2.24, 2.45) is 0 Å². The summed E-state index contributed by atoms with van der Waals surface area (Å²) in [5.74, 6) is 0.587. The Morgan fingerprint density at radius 3 is 2.36 bits per heavy atom. The maximum Gasteiger partial charge on any atom is 0.225 e. The third-order valence-electron chi connectivity index (χ3n) is 6.76. The number of carbonyl (C=O) groups excluding carboxylic acids is 1.